The summed E-state index contributed by atoms with van der Waals surface area (Å²) in [6, 6.07) is 7.15. The predicted octanol–water partition coefficient (Wildman–Crippen LogP) is 0.100. The Kier molecular flexibility index (Phi) is 6.18. The van der Waals surface area contributed by atoms with Crippen molar-refractivity contribution in [2.75, 3.05) is 26.2 Å². The van der Waals surface area contributed by atoms with E-state index in [1.807, 2.05) is 6.07 Å². The summed E-state index contributed by atoms with van der Waals surface area (Å²) in [5.74, 6) is -0.293. The summed E-state index contributed by atoms with van der Waals surface area (Å²) in [4.78, 5) is 43.2. The van der Waals surface area contributed by atoms with Crippen LogP contribution in [0.15, 0.2) is 35.4 Å². The van der Waals surface area contributed by atoms with Crippen molar-refractivity contribution in [1.29, 1.82) is 0 Å². The molecule has 1 aromatic heterocycles. The summed E-state index contributed by atoms with van der Waals surface area (Å²) in [7, 11) is 0. The normalized spacial score (nSPS) is 17.1. The number of likely N-dealkylation sites (tertiary alicyclic amines) is 1. The fourth-order valence-corrected chi connectivity index (χ4v) is 3.40. The van der Waals surface area contributed by atoms with Gasteiger partial charge in [-0.25, -0.2) is 4.98 Å². The van der Waals surface area contributed by atoms with E-state index < -0.39 is 0 Å². The number of para-hydroxylation sites is 1. The van der Waals surface area contributed by atoms with Crippen LogP contribution in [0, 0.1) is 5.92 Å². The molecule has 3 rings (SSSR count). The average Bonchev–Trinajstić information content (AvgIpc) is 2.71. The molecular weight excluding hydrogens is 346 g/mol. The molecule has 1 unspecified atom stereocenters. The minimum Gasteiger partial charge on any atom is -0.355 e. The molecule has 0 radical (unpaired) electrons. The minimum absolute atomic E-state index is 0.0482. The molecule has 0 saturated carbocycles. The fraction of sp³-hybridized carbons (Fsp3) is 0.474. The predicted molar refractivity (Wildman–Crippen MR) is 102 cm³/mol. The molecule has 1 aliphatic heterocycles. The molecule has 27 heavy (non-hydrogen) atoms. The van der Waals surface area contributed by atoms with E-state index in [0.29, 0.717) is 37.1 Å². The Labute approximate surface area is 157 Å². The van der Waals surface area contributed by atoms with E-state index in [-0.39, 0.29) is 36.3 Å². The molecule has 1 aromatic carbocycles. The maximum atomic E-state index is 12.6. The Morgan fingerprint density at radius 3 is 2.93 bits per heavy atom. The third-order valence-corrected chi connectivity index (χ3v) is 4.89. The van der Waals surface area contributed by atoms with Crippen molar-refractivity contribution in [2.24, 2.45) is 11.7 Å². The first-order valence-corrected chi connectivity index (χ1v) is 9.30. The van der Waals surface area contributed by atoms with Gasteiger partial charge in [-0.15, -0.1) is 0 Å². The molecule has 2 aromatic rings. The molecule has 1 aliphatic rings. The van der Waals surface area contributed by atoms with Gasteiger partial charge in [0, 0.05) is 39.1 Å². The zero-order chi connectivity index (χ0) is 19.2. The van der Waals surface area contributed by atoms with Crippen LogP contribution in [0.3, 0.4) is 0 Å². The molecule has 1 fully saturated rings. The zero-order valence-electron chi connectivity index (χ0n) is 15.3. The highest BCUT2D eigenvalue weighted by Gasteiger charge is 2.28. The molecule has 0 bridgehead atoms. The number of nitrogens with one attached hydrogen (secondary N) is 1. The van der Waals surface area contributed by atoms with Crippen molar-refractivity contribution < 1.29 is 9.59 Å². The van der Waals surface area contributed by atoms with Crippen molar-refractivity contribution in [2.45, 2.75) is 25.8 Å². The molecule has 2 amide bonds. The van der Waals surface area contributed by atoms with Crippen molar-refractivity contribution in [3.63, 3.8) is 0 Å². The van der Waals surface area contributed by atoms with Gasteiger partial charge in [0.15, 0.2) is 0 Å². The molecule has 144 valence electrons. The second kappa shape index (κ2) is 8.77. The lowest BCUT2D eigenvalue weighted by atomic mass is 9.97. The molecule has 0 aliphatic carbocycles. The molecule has 1 saturated heterocycles. The Morgan fingerprint density at radius 1 is 1.30 bits per heavy atom. The first kappa shape index (κ1) is 19.0. The van der Waals surface area contributed by atoms with Gasteiger partial charge in [-0.1, -0.05) is 12.1 Å². The van der Waals surface area contributed by atoms with Crippen LogP contribution < -0.4 is 16.6 Å². The average molecular weight is 371 g/mol. The lowest BCUT2D eigenvalue weighted by molar-refractivity contribution is -0.135. The van der Waals surface area contributed by atoms with E-state index in [4.69, 9.17) is 5.73 Å². The maximum absolute atomic E-state index is 12.6. The minimum atomic E-state index is -0.195. The number of aryl methyl sites for hydroxylation is 1. The number of piperidine rings is 1. The van der Waals surface area contributed by atoms with Crippen molar-refractivity contribution >= 4 is 22.7 Å². The van der Waals surface area contributed by atoms with Gasteiger partial charge < -0.3 is 16.0 Å². The second-order valence-corrected chi connectivity index (χ2v) is 6.77. The smallest absolute Gasteiger partial charge is 0.261 e. The Bertz CT molecular complexity index is 879. The number of hydrogen-bond acceptors (Lipinski definition) is 5. The highest BCUT2D eigenvalue weighted by atomic mass is 16.2. The topological polar surface area (TPSA) is 110 Å². The van der Waals surface area contributed by atoms with Crippen LogP contribution in [0.2, 0.25) is 0 Å². The third-order valence-electron chi connectivity index (χ3n) is 4.89. The number of hydrogen-bond donors (Lipinski definition) is 2. The molecular formula is C19H25N5O3. The lowest BCUT2D eigenvalue weighted by Crippen LogP contribution is -2.46. The molecule has 0 spiro atoms. The summed E-state index contributed by atoms with van der Waals surface area (Å²) in [6.07, 6.45) is 3.26. The molecule has 8 nitrogen and oxygen atoms in total. The zero-order valence-corrected chi connectivity index (χ0v) is 15.3. The van der Waals surface area contributed by atoms with Crippen molar-refractivity contribution in [3.05, 3.63) is 40.9 Å². The van der Waals surface area contributed by atoms with Crippen LogP contribution in [-0.2, 0) is 16.1 Å². The number of carbonyl (C=O) groups excluding carboxylic acids is 2. The van der Waals surface area contributed by atoms with Crippen LogP contribution >= 0.6 is 0 Å². The first-order valence-electron chi connectivity index (χ1n) is 9.30. The third kappa shape index (κ3) is 4.51. The van der Waals surface area contributed by atoms with Crippen molar-refractivity contribution in [3.8, 4) is 0 Å². The largest absolute Gasteiger partial charge is 0.355 e. The van der Waals surface area contributed by atoms with E-state index in [0.717, 1.165) is 12.8 Å². The van der Waals surface area contributed by atoms with Gasteiger partial charge in [0.05, 0.1) is 23.1 Å². The number of aromatic nitrogens is 2. The summed E-state index contributed by atoms with van der Waals surface area (Å²) in [5, 5.41) is 3.33. The first-order chi connectivity index (χ1) is 13.1. The fourth-order valence-electron chi connectivity index (χ4n) is 3.40. The number of carbonyl (C=O) groups is 2. The molecule has 8 heteroatoms. The summed E-state index contributed by atoms with van der Waals surface area (Å²) >= 11 is 0. The van der Waals surface area contributed by atoms with E-state index >= 15 is 0 Å². The van der Waals surface area contributed by atoms with Crippen LogP contribution in [0.5, 0.6) is 0 Å². The van der Waals surface area contributed by atoms with Crippen LogP contribution in [0.1, 0.15) is 19.3 Å². The number of nitrogens with zero attached hydrogens (tertiary/aromatic N) is 3. The van der Waals surface area contributed by atoms with Crippen LogP contribution in [-0.4, -0.2) is 52.4 Å². The second-order valence-electron chi connectivity index (χ2n) is 6.77. The molecule has 3 N–H and O–H groups in total. The summed E-state index contributed by atoms with van der Waals surface area (Å²) in [5.41, 5.74) is 5.91. The van der Waals surface area contributed by atoms with Crippen LogP contribution in [0.25, 0.3) is 10.9 Å². The quantitative estimate of drug-likeness (QED) is 0.748. The van der Waals surface area contributed by atoms with Crippen LogP contribution in [0.4, 0.5) is 0 Å². The standard InChI is InChI=1S/C19H25N5O3/c20-8-9-21-18(26)14-4-3-10-23(12-14)17(25)7-11-24-13-22-16-6-2-1-5-15(16)19(24)27/h1-2,5-6,13-14H,3-4,7-12,20H2,(H,21,26). The number of benzene rings is 1. The van der Waals surface area contributed by atoms with E-state index in [9.17, 15) is 14.4 Å². The lowest BCUT2D eigenvalue weighted by Gasteiger charge is -2.32. The SMILES string of the molecule is NCCNC(=O)C1CCCN(C(=O)CCn2cnc3ccccc3c2=O)C1. The van der Waals surface area contributed by atoms with Gasteiger partial charge in [0.2, 0.25) is 11.8 Å². The van der Waals surface area contributed by atoms with E-state index in [1.165, 1.54) is 10.9 Å². The highest BCUT2D eigenvalue weighted by molar-refractivity contribution is 5.81. The Balaban J connectivity index is 1.60. The number of fused-ring (bicyclic) bond motifs is 1. The molecule has 2 heterocycles. The molecule has 1 atom stereocenters. The number of nitrogens with two attached hydrogens (primary N) is 1. The summed E-state index contributed by atoms with van der Waals surface area (Å²) < 4.78 is 1.47. The van der Waals surface area contributed by atoms with Gasteiger partial charge in [-0.05, 0) is 25.0 Å². The van der Waals surface area contributed by atoms with Gasteiger partial charge >= 0.3 is 0 Å². The van der Waals surface area contributed by atoms with Crippen molar-refractivity contribution in [1.82, 2.24) is 19.8 Å². The van der Waals surface area contributed by atoms with E-state index in [2.05, 4.69) is 10.3 Å². The van der Waals surface area contributed by atoms with Gasteiger partial charge in [-0.2, -0.15) is 0 Å². The number of amides is 2. The Morgan fingerprint density at radius 2 is 2.11 bits per heavy atom. The van der Waals surface area contributed by atoms with Gasteiger partial charge in [0.25, 0.3) is 5.56 Å². The summed E-state index contributed by atoms with van der Waals surface area (Å²) in [6.45, 7) is 2.18. The van der Waals surface area contributed by atoms with E-state index in [1.54, 1.807) is 23.1 Å². The highest BCUT2D eigenvalue weighted by Crippen LogP contribution is 2.17. The van der Waals surface area contributed by atoms with Gasteiger partial charge in [-0.3, -0.25) is 19.0 Å². The van der Waals surface area contributed by atoms with Gasteiger partial charge in [0.1, 0.15) is 0 Å². The Hall–Kier alpha value is -2.74. The maximum Gasteiger partial charge on any atom is 0.261 e. The monoisotopic (exact) mass is 371 g/mol. The number of rotatable bonds is 6.